The van der Waals surface area contributed by atoms with Crippen molar-refractivity contribution < 1.29 is 23.2 Å². The Hall–Kier alpha value is -6.19. The number of nitrogens with one attached hydrogen (secondary N) is 2. The third kappa shape index (κ3) is 6.30. The molecule has 1 aliphatic carbocycles. The third-order valence-electron chi connectivity index (χ3n) is 10.7. The lowest BCUT2D eigenvalue weighted by Gasteiger charge is -2.32. The van der Waals surface area contributed by atoms with Crippen LogP contribution in [0.1, 0.15) is 73.1 Å². The standard InChI is InChI=1S/C38H38F2N10O4/c1-46(24-13-9-23(10-14-24)26-5-3-6-29-33(26)47(2)38(54)50(29)30-15-16-31(51)44-37(30)53)20-22-7-11-25(12-8-22)49-21-28(32(45-49)34(39)40)43-36(52)27-19-42-48-18-4-17-41-35(27)48/h3-6,9-10,13-14,17-19,21-22,25,30,34H,7-8,11-12,15-16,20H2,1-2H3,(H,43,52)(H,44,51,53). The molecule has 0 bridgehead atoms. The van der Waals surface area contributed by atoms with Crippen LogP contribution >= 0.6 is 0 Å². The summed E-state index contributed by atoms with van der Waals surface area (Å²) >= 11 is 0. The van der Waals surface area contributed by atoms with E-state index in [0.29, 0.717) is 22.6 Å². The maximum atomic E-state index is 14.0. The molecule has 6 aromatic rings. The maximum absolute atomic E-state index is 14.0. The minimum absolute atomic E-state index is 0.0269. The molecule has 1 saturated heterocycles. The third-order valence-corrected chi connectivity index (χ3v) is 10.7. The van der Waals surface area contributed by atoms with Crippen LogP contribution in [0.15, 0.2) is 78.1 Å². The molecule has 54 heavy (non-hydrogen) atoms. The van der Waals surface area contributed by atoms with Crippen molar-refractivity contribution in [3.8, 4) is 11.1 Å². The van der Waals surface area contributed by atoms with E-state index in [2.05, 4.69) is 30.7 Å². The molecule has 1 atom stereocenters. The molecule has 2 N–H and O–H groups in total. The minimum atomic E-state index is -2.86. The smallest absolute Gasteiger partial charge is 0.329 e. The molecule has 1 unspecified atom stereocenters. The zero-order valence-electron chi connectivity index (χ0n) is 29.7. The number of alkyl halides is 2. The van der Waals surface area contributed by atoms with Crippen LogP contribution in [-0.4, -0.2) is 64.8 Å². The summed E-state index contributed by atoms with van der Waals surface area (Å²) in [7, 11) is 3.74. The summed E-state index contributed by atoms with van der Waals surface area (Å²) in [5, 5.41) is 13.3. The number of aryl methyl sites for hydroxylation is 1. The Morgan fingerprint density at radius 3 is 2.56 bits per heavy atom. The number of carbonyl (C=O) groups is 3. The van der Waals surface area contributed by atoms with E-state index in [9.17, 15) is 28.0 Å². The van der Waals surface area contributed by atoms with Gasteiger partial charge < -0.3 is 10.2 Å². The predicted octanol–water partition coefficient (Wildman–Crippen LogP) is 5.28. The SMILES string of the molecule is CN(CC1CCC(n2cc(NC(=O)c3cnn4cccnc34)c(C(F)F)n2)CC1)c1ccc(-c2cccc3c2n(C)c(=O)n3C2CCC(=O)NC2=O)cc1. The number of para-hydroxylation sites is 1. The van der Waals surface area contributed by atoms with Crippen LogP contribution in [0.2, 0.25) is 0 Å². The number of benzene rings is 2. The Kier molecular flexibility index (Phi) is 9.03. The van der Waals surface area contributed by atoms with Gasteiger partial charge in [0, 0.05) is 56.9 Å². The lowest BCUT2D eigenvalue weighted by atomic mass is 9.85. The van der Waals surface area contributed by atoms with Crippen molar-refractivity contribution in [3.63, 3.8) is 0 Å². The fourth-order valence-corrected chi connectivity index (χ4v) is 7.91. The van der Waals surface area contributed by atoms with Crippen molar-refractivity contribution in [1.29, 1.82) is 0 Å². The molecule has 16 heteroatoms. The molecule has 2 aliphatic rings. The highest BCUT2D eigenvalue weighted by Gasteiger charge is 2.32. The number of carbonyl (C=O) groups excluding carboxylic acids is 3. The molecule has 4 aromatic heterocycles. The molecule has 1 saturated carbocycles. The molecule has 8 rings (SSSR count). The first-order valence-electron chi connectivity index (χ1n) is 17.9. The Balaban J connectivity index is 0.919. The Morgan fingerprint density at radius 1 is 1.04 bits per heavy atom. The van der Waals surface area contributed by atoms with Gasteiger partial charge in [0.25, 0.3) is 12.3 Å². The number of imide groups is 1. The van der Waals surface area contributed by atoms with Crippen molar-refractivity contribution in [1.82, 2.24) is 38.8 Å². The van der Waals surface area contributed by atoms with Crippen LogP contribution in [0.5, 0.6) is 0 Å². The fraction of sp³-hybridized carbons (Fsp3) is 0.342. The average molecular weight is 737 g/mol. The highest BCUT2D eigenvalue weighted by molar-refractivity contribution is 6.08. The number of anilines is 2. The number of nitrogens with zero attached hydrogens (tertiary/aromatic N) is 8. The first-order chi connectivity index (χ1) is 26.1. The summed E-state index contributed by atoms with van der Waals surface area (Å²) in [6.07, 6.45) is 6.89. The Labute approximate surface area is 307 Å². The van der Waals surface area contributed by atoms with Gasteiger partial charge in [-0.15, -0.1) is 0 Å². The summed E-state index contributed by atoms with van der Waals surface area (Å²) in [6.45, 7) is 0.807. The highest BCUT2D eigenvalue weighted by Crippen LogP contribution is 2.36. The quantitative estimate of drug-likeness (QED) is 0.190. The molecular formula is C38H38F2N10O4. The van der Waals surface area contributed by atoms with Gasteiger partial charge in [-0.1, -0.05) is 24.3 Å². The molecule has 14 nitrogen and oxygen atoms in total. The zero-order valence-corrected chi connectivity index (χ0v) is 29.7. The number of hydrogen-bond acceptors (Lipinski definition) is 8. The van der Waals surface area contributed by atoms with Crippen LogP contribution in [-0.2, 0) is 16.6 Å². The van der Waals surface area contributed by atoms with Crippen LogP contribution < -0.4 is 21.2 Å². The number of rotatable bonds is 9. The lowest BCUT2D eigenvalue weighted by Crippen LogP contribution is -2.44. The number of aromatic nitrogens is 7. The van der Waals surface area contributed by atoms with Crippen LogP contribution in [0, 0.1) is 5.92 Å². The van der Waals surface area contributed by atoms with Gasteiger partial charge in [0.2, 0.25) is 11.8 Å². The van der Waals surface area contributed by atoms with Crippen LogP contribution in [0.3, 0.4) is 0 Å². The van der Waals surface area contributed by atoms with Crippen molar-refractivity contribution in [2.75, 3.05) is 23.8 Å². The van der Waals surface area contributed by atoms with E-state index in [1.807, 2.05) is 49.5 Å². The average Bonchev–Trinajstić information content (AvgIpc) is 3.87. The topological polar surface area (TPSA) is 153 Å². The van der Waals surface area contributed by atoms with Crippen molar-refractivity contribution in [3.05, 3.63) is 95.1 Å². The number of imidazole rings is 1. The van der Waals surface area contributed by atoms with Crippen LogP contribution in [0.25, 0.3) is 27.8 Å². The van der Waals surface area contributed by atoms with E-state index in [4.69, 9.17) is 0 Å². The normalized spacial score (nSPS) is 19.1. The van der Waals surface area contributed by atoms with Crippen molar-refractivity contribution in [2.45, 2.75) is 57.0 Å². The number of amides is 3. The number of halogens is 2. The van der Waals surface area contributed by atoms with E-state index in [1.54, 1.807) is 28.6 Å². The summed E-state index contributed by atoms with van der Waals surface area (Å²) in [5.41, 5.74) is 3.83. The summed E-state index contributed by atoms with van der Waals surface area (Å²) in [5.74, 6) is -1.01. The van der Waals surface area contributed by atoms with Gasteiger partial charge in [0.1, 0.15) is 11.6 Å². The fourth-order valence-electron chi connectivity index (χ4n) is 7.91. The minimum Gasteiger partial charge on any atom is -0.374 e. The number of fused-ring (bicyclic) bond motifs is 2. The van der Waals surface area contributed by atoms with E-state index in [0.717, 1.165) is 49.0 Å². The van der Waals surface area contributed by atoms with Gasteiger partial charge in [-0.3, -0.25) is 33.5 Å². The van der Waals surface area contributed by atoms with Crippen LogP contribution in [0.4, 0.5) is 20.2 Å². The van der Waals surface area contributed by atoms with Gasteiger partial charge in [-0.2, -0.15) is 10.2 Å². The summed E-state index contributed by atoms with van der Waals surface area (Å²) in [6, 6.07) is 14.6. The second kappa shape index (κ2) is 14.0. The van der Waals surface area contributed by atoms with Crippen molar-refractivity contribution in [2.24, 2.45) is 13.0 Å². The Bertz CT molecular complexity index is 2460. The molecule has 5 heterocycles. The number of piperidine rings is 1. The molecular weight excluding hydrogens is 698 g/mol. The lowest BCUT2D eigenvalue weighted by molar-refractivity contribution is -0.135. The van der Waals surface area contributed by atoms with Gasteiger partial charge in [0.05, 0.1) is 29.0 Å². The molecule has 0 spiro atoms. The number of hydrogen-bond donors (Lipinski definition) is 2. The summed E-state index contributed by atoms with van der Waals surface area (Å²) in [4.78, 5) is 57.2. The first kappa shape index (κ1) is 34.9. The Morgan fingerprint density at radius 2 is 1.81 bits per heavy atom. The zero-order chi connectivity index (χ0) is 37.7. The predicted molar refractivity (Wildman–Crippen MR) is 196 cm³/mol. The van der Waals surface area contributed by atoms with E-state index < -0.39 is 30.0 Å². The molecule has 0 radical (unpaired) electrons. The van der Waals surface area contributed by atoms with Gasteiger partial charge >= 0.3 is 5.69 Å². The molecule has 2 aromatic carbocycles. The molecule has 1 aliphatic heterocycles. The molecule has 2 fully saturated rings. The first-order valence-corrected chi connectivity index (χ1v) is 17.9. The van der Waals surface area contributed by atoms with E-state index in [-0.39, 0.29) is 41.7 Å². The monoisotopic (exact) mass is 736 g/mol. The van der Waals surface area contributed by atoms with Gasteiger partial charge in [-0.25, -0.2) is 23.1 Å². The second-order valence-electron chi connectivity index (χ2n) is 14.1. The van der Waals surface area contributed by atoms with E-state index in [1.165, 1.54) is 27.7 Å². The maximum Gasteiger partial charge on any atom is 0.329 e. The van der Waals surface area contributed by atoms with Gasteiger partial charge in [0.15, 0.2) is 11.3 Å². The van der Waals surface area contributed by atoms with Crippen molar-refractivity contribution >= 4 is 45.8 Å². The molecule has 278 valence electrons. The molecule has 3 amide bonds. The second-order valence-corrected chi connectivity index (χ2v) is 14.1. The summed E-state index contributed by atoms with van der Waals surface area (Å²) < 4.78 is 34.1. The van der Waals surface area contributed by atoms with E-state index >= 15 is 0 Å². The van der Waals surface area contributed by atoms with Gasteiger partial charge in [-0.05, 0) is 67.9 Å². The largest absolute Gasteiger partial charge is 0.374 e. The highest BCUT2D eigenvalue weighted by atomic mass is 19.3.